The Labute approximate surface area is 73.7 Å². The van der Waals surface area contributed by atoms with E-state index in [1.54, 1.807) is 6.92 Å². The number of rotatable bonds is 5. The van der Waals surface area contributed by atoms with Crippen LogP contribution in [-0.4, -0.2) is 23.8 Å². The summed E-state index contributed by atoms with van der Waals surface area (Å²) in [6, 6.07) is 0. The molecular formula is C9H18O3. The summed E-state index contributed by atoms with van der Waals surface area (Å²) < 4.78 is 4.86. The maximum Gasteiger partial charge on any atom is 0.308 e. The fourth-order valence-corrected chi connectivity index (χ4v) is 0.709. The molecule has 0 aromatic rings. The largest absolute Gasteiger partial charge is 0.466 e. The van der Waals surface area contributed by atoms with Gasteiger partial charge in [-0.05, 0) is 19.3 Å². The Morgan fingerprint density at radius 3 is 2.42 bits per heavy atom. The normalized spacial score (nSPS) is 13.1. The van der Waals surface area contributed by atoms with Gasteiger partial charge in [-0.15, -0.1) is 0 Å². The minimum Gasteiger partial charge on any atom is -0.466 e. The van der Waals surface area contributed by atoms with Crippen molar-refractivity contribution in [2.24, 2.45) is 5.92 Å². The highest BCUT2D eigenvalue weighted by molar-refractivity contribution is 5.69. The molecule has 0 bridgehead atoms. The molecule has 0 heterocycles. The molecule has 0 amide bonds. The van der Waals surface area contributed by atoms with Gasteiger partial charge in [0.1, 0.15) is 0 Å². The van der Waals surface area contributed by atoms with Crippen LogP contribution in [0.2, 0.25) is 0 Å². The maximum atomic E-state index is 10.9. The molecular weight excluding hydrogens is 156 g/mol. The third-order valence-corrected chi connectivity index (χ3v) is 1.42. The molecule has 0 aliphatic carbocycles. The first-order valence-electron chi connectivity index (χ1n) is 4.36. The van der Waals surface area contributed by atoms with Crippen LogP contribution in [0.5, 0.6) is 0 Å². The lowest BCUT2D eigenvalue weighted by Gasteiger charge is -2.07. The number of ether oxygens (including phenoxy) is 1. The lowest BCUT2D eigenvalue weighted by molar-refractivity contribution is -0.145. The van der Waals surface area contributed by atoms with E-state index in [-0.39, 0.29) is 12.4 Å². The van der Waals surface area contributed by atoms with E-state index in [1.165, 1.54) is 0 Å². The van der Waals surface area contributed by atoms with Crippen molar-refractivity contribution in [3.8, 4) is 0 Å². The van der Waals surface area contributed by atoms with Gasteiger partial charge in [-0.2, -0.15) is 0 Å². The van der Waals surface area contributed by atoms with Crippen molar-refractivity contribution in [2.45, 2.75) is 39.7 Å². The first-order chi connectivity index (χ1) is 5.52. The molecule has 0 aliphatic heterocycles. The zero-order valence-corrected chi connectivity index (χ0v) is 8.04. The first kappa shape index (κ1) is 11.4. The third-order valence-electron chi connectivity index (χ3n) is 1.42. The number of hydrogen-bond donors (Lipinski definition) is 1. The summed E-state index contributed by atoms with van der Waals surface area (Å²) >= 11 is 0. The van der Waals surface area contributed by atoms with Crippen LogP contribution >= 0.6 is 0 Å². The summed E-state index contributed by atoms with van der Waals surface area (Å²) in [4.78, 5) is 10.9. The molecule has 0 saturated carbocycles. The maximum absolute atomic E-state index is 10.9. The average molecular weight is 174 g/mol. The van der Waals surface area contributed by atoms with Crippen molar-refractivity contribution < 1.29 is 14.6 Å². The molecule has 0 aliphatic rings. The molecule has 3 heteroatoms. The second-order valence-corrected chi connectivity index (χ2v) is 3.46. The zero-order valence-electron chi connectivity index (χ0n) is 8.04. The van der Waals surface area contributed by atoms with Crippen LogP contribution in [0.1, 0.15) is 33.6 Å². The van der Waals surface area contributed by atoms with E-state index >= 15 is 0 Å². The standard InChI is InChI=1S/C9H18O3/c1-7(2)4-5-12-9(11)6-8(3)10/h7-8,10H,4-6H2,1-3H3/t8-/m0/s1. The van der Waals surface area contributed by atoms with Crippen LogP contribution in [0.15, 0.2) is 0 Å². The summed E-state index contributed by atoms with van der Waals surface area (Å²) in [7, 11) is 0. The lowest BCUT2D eigenvalue weighted by atomic mass is 10.1. The minimum absolute atomic E-state index is 0.0953. The van der Waals surface area contributed by atoms with Crippen molar-refractivity contribution >= 4 is 5.97 Å². The van der Waals surface area contributed by atoms with Gasteiger partial charge in [0.05, 0.1) is 19.1 Å². The van der Waals surface area contributed by atoms with Crippen LogP contribution in [0.4, 0.5) is 0 Å². The molecule has 0 aromatic heterocycles. The molecule has 0 rings (SSSR count). The van der Waals surface area contributed by atoms with Crippen molar-refractivity contribution in [1.82, 2.24) is 0 Å². The molecule has 1 atom stereocenters. The Kier molecular flexibility index (Phi) is 5.72. The summed E-state index contributed by atoms with van der Waals surface area (Å²) in [6.07, 6.45) is 0.375. The fourth-order valence-electron chi connectivity index (χ4n) is 0.709. The van der Waals surface area contributed by atoms with Crippen molar-refractivity contribution in [3.63, 3.8) is 0 Å². The highest BCUT2D eigenvalue weighted by Crippen LogP contribution is 2.00. The van der Waals surface area contributed by atoms with Crippen LogP contribution in [-0.2, 0) is 9.53 Å². The molecule has 0 aromatic carbocycles. The van der Waals surface area contributed by atoms with Crippen LogP contribution in [0.3, 0.4) is 0 Å². The van der Waals surface area contributed by atoms with Crippen molar-refractivity contribution in [1.29, 1.82) is 0 Å². The topological polar surface area (TPSA) is 46.5 Å². The average Bonchev–Trinajstić information content (AvgIpc) is 1.84. The first-order valence-corrected chi connectivity index (χ1v) is 4.36. The Hall–Kier alpha value is -0.570. The van der Waals surface area contributed by atoms with Gasteiger partial charge in [-0.25, -0.2) is 0 Å². The van der Waals surface area contributed by atoms with Crippen molar-refractivity contribution in [2.75, 3.05) is 6.61 Å². The number of aliphatic hydroxyl groups is 1. The monoisotopic (exact) mass is 174 g/mol. The van der Waals surface area contributed by atoms with Gasteiger partial charge in [0.2, 0.25) is 0 Å². The van der Waals surface area contributed by atoms with Crippen LogP contribution in [0, 0.1) is 5.92 Å². The van der Waals surface area contributed by atoms with Gasteiger partial charge in [0.25, 0.3) is 0 Å². The molecule has 3 nitrogen and oxygen atoms in total. The van der Waals surface area contributed by atoms with Crippen LogP contribution < -0.4 is 0 Å². The number of hydrogen-bond acceptors (Lipinski definition) is 3. The van der Waals surface area contributed by atoms with Crippen molar-refractivity contribution in [3.05, 3.63) is 0 Å². The predicted octanol–water partition coefficient (Wildman–Crippen LogP) is 1.35. The fraction of sp³-hybridized carbons (Fsp3) is 0.889. The molecule has 0 saturated heterocycles. The van der Waals surface area contributed by atoms with E-state index < -0.39 is 6.10 Å². The van der Waals surface area contributed by atoms with E-state index in [9.17, 15) is 4.79 Å². The van der Waals surface area contributed by atoms with E-state index in [0.717, 1.165) is 6.42 Å². The molecule has 0 spiro atoms. The highest BCUT2D eigenvalue weighted by atomic mass is 16.5. The summed E-state index contributed by atoms with van der Waals surface area (Å²) in [5, 5.41) is 8.83. The van der Waals surface area contributed by atoms with E-state index in [0.29, 0.717) is 12.5 Å². The van der Waals surface area contributed by atoms with Gasteiger partial charge >= 0.3 is 5.97 Å². The van der Waals surface area contributed by atoms with Gasteiger partial charge in [0, 0.05) is 0 Å². The smallest absolute Gasteiger partial charge is 0.308 e. The number of carbonyl (C=O) groups is 1. The lowest BCUT2D eigenvalue weighted by Crippen LogP contribution is -2.13. The Morgan fingerprint density at radius 2 is 2.00 bits per heavy atom. The highest BCUT2D eigenvalue weighted by Gasteiger charge is 2.06. The molecule has 72 valence electrons. The van der Waals surface area contributed by atoms with Gasteiger partial charge < -0.3 is 9.84 Å². The Balaban J connectivity index is 3.32. The summed E-state index contributed by atoms with van der Waals surface area (Å²) in [5.74, 6) is 0.231. The second kappa shape index (κ2) is 6.00. The van der Waals surface area contributed by atoms with E-state index in [2.05, 4.69) is 13.8 Å². The summed E-state index contributed by atoms with van der Waals surface area (Å²) in [5.41, 5.74) is 0. The van der Waals surface area contributed by atoms with Crippen LogP contribution in [0.25, 0.3) is 0 Å². The van der Waals surface area contributed by atoms with Gasteiger partial charge in [-0.3, -0.25) is 4.79 Å². The molecule has 12 heavy (non-hydrogen) atoms. The second-order valence-electron chi connectivity index (χ2n) is 3.46. The predicted molar refractivity (Wildman–Crippen MR) is 46.7 cm³/mol. The Morgan fingerprint density at radius 1 is 1.42 bits per heavy atom. The number of carbonyl (C=O) groups excluding carboxylic acids is 1. The third kappa shape index (κ3) is 7.54. The van der Waals surface area contributed by atoms with Gasteiger partial charge in [0.15, 0.2) is 0 Å². The minimum atomic E-state index is -0.600. The quantitative estimate of drug-likeness (QED) is 0.640. The zero-order chi connectivity index (χ0) is 9.56. The van der Waals surface area contributed by atoms with E-state index in [1.807, 2.05) is 0 Å². The molecule has 0 radical (unpaired) electrons. The SMILES string of the molecule is CC(C)CCOC(=O)C[C@H](C)O. The molecule has 1 N–H and O–H groups in total. The molecule has 0 unspecified atom stereocenters. The van der Waals surface area contributed by atoms with E-state index in [4.69, 9.17) is 9.84 Å². The Bertz CT molecular complexity index is 130. The number of aliphatic hydroxyl groups excluding tert-OH is 1. The number of esters is 1. The van der Waals surface area contributed by atoms with Gasteiger partial charge in [-0.1, -0.05) is 13.8 Å². The molecule has 0 fully saturated rings. The summed E-state index contributed by atoms with van der Waals surface area (Å²) in [6.45, 7) is 6.18.